The number of amides is 1. The number of aryl methyl sites for hydroxylation is 1. The quantitative estimate of drug-likeness (QED) is 0.542. The third-order valence-electron chi connectivity index (χ3n) is 3.13. The summed E-state index contributed by atoms with van der Waals surface area (Å²) >= 11 is 0. The van der Waals surface area contributed by atoms with Gasteiger partial charge in [0.1, 0.15) is 5.82 Å². The van der Waals surface area contributed by atoms with Crippen molar-refractivity contribution in [1.29, 1.82) is 0 Å². The molecule has 122 valence electrons. The molecule has 0 bridgehead atoms. The number of rotatable bonds is 7. The SMILES string of the molecule is Cc1ccc(Nc2ccccc2C(=O)NOCCCO)c(F)c1. The summed E-state index contributed by atoms with van der Waals surface area (Å²) in [4.78, 5) is 17.1. The van der Waals surface area contributed by atoms with Crippen molar-refractivity contribution in [3.8, 4) is 0 Å². The first-order valence-electron chi connectivity index (χ1n) is 7.27. The van der Waals surface area contributed by atoms with E-state index in [1.807, 2.05) is 0 Å². The van der Waals surface area contributed by atoms with Gasteiger partial charge in [-0.1, -0.05) is 18.2 Å². The Bertz CT molecular complexity index is 677. The average Bonchev–Trinajstić information content (AvgIpc) is 2.54. The fourth-order valence-corrected chi connectivity index (χ4v) is 1.96. The second-order valence-corrected chi connectivity index (χ2v) is 5.01. The summed E-state index contributed by atoms with van der Waals surface area (Å²) in [6.07, 6.45) is 0.425. The topological polar surface area (TPSA) is 70.6 Å². The van der Waals surface area contributed by atoms with E-state index in [0.717, 1.165) is 5.56 Å². The second-order valence-electron chi connectivity index (χ2n) is 5.01. The van der Waals surface area contributed by atoms with Crippen LogP contribution in [-0.2, 0) is 4.84 Å². The van der Waals surface area contributed by atoms with Crippen LogP contribution in [0.5, 0.6) is 0 Å². The molecule has 0 fully saturated rings. The van der Waals surface area contributed by atoms with Crippen LogP contribution >= 0.6 is 0 Å². The Morgan fingerprint density at radius 1 is 1.22 bits per heavy atom. The molecule has 0 atom stereocenters. The molecule has 0 heterocycles. The van der Waals surface area contributed by atoms with Crippen molar-refractivity contribution >= 4 is 17.3 Å². The summed E-state index contributed by atoms with van der Waals surface area (Å²) in [6.45, 7) is 2.00. The number of para-hydroxylation sites is 1. The molecule has 6 heteroatoms. The van der Waals surface area contributed by atoms with E-state index < -0.39 is 5.91 Å². The minimum absolute atomic E-state index is 0.0132. The Labute approximate surface area is 134 Å². The summed E-state index contributed by atoms with van der Waals surface area (Å²) in [6, 6.07) is 11.6. The summed E-state index contributed by atoms with van der Waals surface area (Å²) in [5.74, 6) is -0.835. The Kier molecular flexibility index (Phi) is 6.08. The first-order chi connectivity index (χ1) is 11.1. The zero-order chi connectivity index (χ0) is 16.7. The molecule has 5 nitrogen and oxygen atoms in total. The number of anilines is 2. The number of halogens is 1. The maximum absolute atomic E-state index is 13.9. The molecule has 0 saturated heterocycles. The van der Waals surface area contributed by atoms with Gasteiger partial charge < -0.3 is 10.4 Å². The van der Waals surface area contributed by atoms with E-state index >= 15 is 0 Å². The minimum atomic E-state index is -0.446. The lowest BCUT2D eigenvalue weighted by atomic mass is 10.1. The maximum atomic E-state index is 13.9. The van der Waals surface area contributed by atoms with E-state index in [2.05, 4.69) is 10.8 Å². The van der Waals surface area contributed by atoms with Gasteiger partial charge in [-0.15, -0.1) is 0 Å². The van der Waals surface area contributed by atoms with Crippen LogP contribution in [0, 0.1) is 12.7 Å². The van der Waals surface area contributed by atoms with Gasteiger partial charge >= 0.3 is 0 Å². The van der Waals surface area contributed by atoms with Crippen LogP contribution in [0.4, 0.5) is 15.8 Å². The lowest BCUT2D eigenvalue weighted by Crippen LogP contribution is -2.25. The van der Waals surface area contributed by atoms with Gasteiger partial charge in [-0.3, -0.25) is 9.63 Å². The highest BCUT2D eigenvalue weighted by molar-refractivity contribution is 5.99. The molecule has 2 aromatic rings. The number of hydrogen-bond acceptors (Lipinski definition) is 4. The van der Waals surface area contributed by atoms with Gasteiger partial charge in [0, 0.05) is 6.61 Å². The monoisotopic (exact) mass is 318 g/mol. The van der Waals surface area contributed by atoms with E-state index in [1.54, 1.807) is 43.3 Å². The molecule has 2 rings (SSSR count). The van der Waals surface area contributed by atoms with Crippen LogP contribution in [-0.4, -0.2) is 24.2 Å². The van der Waals surface area contributed by atoms with Crippen LogP contribution in [0.15, 0.2) is 42.5 Å². The molecule has 3 N–H and O–H groups in total. The Balaban J connectivity index is 2.12. The Morgan fingerprint density at radius 2 is 2.00 bits per heavy atom. The summed E-state index contributed by atoms with van der Waals surface area (Å²) in [5, 5.41) is 11.6. The Hall–Kier alpha value is -2.44. The van der Waals surface area contributed by atoms with Crippen LogP contribution in [0.1, 0.15) is 22.3 Å². The molecular weight excluding hydrogens is 299 g/mol. The highest BCUT2D eigenvalue weighted by atomic mass is 19.1. The number of hydrogen-bond donors (Lipinski definition) is 3. The van der Waals surface area contributed by atoms with Crippen molar-refractivity contribution < 1.29 is 19.1 Å². The van der Waals surface area contributed by atoms with E-state index in [-0.39, 0.29) is 24.7 Å². The highest BCUT2D eigenvalue weighted by Gasteiger charge is 2.12. The summed E-state index contributed by atoms with van der Waals surface area (Å²) in [7, 11) is 0. The van der Waals surface area contributed by atoms with E-state index in [0.29, 0.717) is 17.7 Å². The number of hydroxylamine groups is 1. The largest absolute Gasteiger partial charge is 0.396 e. The standard InChI is InChI=1S/C17H19FN2O3/c1-12-7-8-16(14(18)11-12)19-15-6-3-2-5-13(15)17(22)20-23-10-4-9-21/h2-3,5-8,11,19,21H,4,9-10H2,1H3,(H,20,22). The van der Waals surface area contributed by atoms with Crippen LogP contribution in [0.25, 0.3) is 0 Å². The van der Waals surface area contributed by atoms with Gasteiger partial charge in [0.05, 0.1) is 23.5 Å². The third kappa shape index (κ3) is 4.77. The summed E-state index contributed by atoms with van der Waals surface area (Å²) in [5.41, 5.74) is 4.21. The van der Waals surface area contributed by atoms with Crippen molar-refractivity contribution in [3.63, 3.8) is 0 Å². The highest BCUT2D eigenvalue weighted by Crippen LogP contribution is 2.23. The number of aliphatic hydroxyl groups excluding tert-OH is 1. The normalized spacial score (nSPS) is 10.4. The molecule has 2 aromatic carbocycles. The van der Waals surface area contributed by atoms with Crippen molar-refractivity contribution in [2.75, 3.05) is 18.5 Å². The lowest BCUT2D eigenvalue weighted by Gasteiger charge is -2.13. The molecule has 0 aromatic heterocycles. The fourth-order valence-electron chi connectivity index (χ4n) is 1.96. The van der Waals surface area contributed by atoms with Gasteiger partial charge in [0.2, 0.25) is 0 Å². The van der Waals surface area contributed by atoms with Crippen molar-refractivity contribution in [2.24, 2.45) is 0 Å². The van der Waals surface area contributed by atoms with Crippen LogP contribution in [0.3, 0.4) is 0 Å². The molecule has 0 aliphatic carbocycles. The third-order valence-corrected chi connectivity index (χ3v) is 3.13. The predicted octanol–water partition coefficient (Wildman–Crippen LogP) is 2.92. The van der Waals surface area contributed by atoms with Crippen molar-refractivity contribution in [2.45, 2.75) is 13.3 Å². The second kappa shape index (κ2) is 8.26. The number of carbonyl (C=O) groups is 1. The molecular formula is C17H19FN2O3. The summed E-state index contributed by atoms with van der Waals surface area (Å²) < 4.78 is 13.9. The van der Waals surface area contributed by atoms with Gasteiger partial charge in [0.15, 0.2) is 0 Å². The smallest absolute Gasteiger partial charge is 0.276 e. The molecule has 0 unspecified atom stereocenters. The van der Waals surface area contributed by atoms with Crippen molar-refractivity contribution in [1.82, 2.24) is 5.48 Å². The van der Waals surface area contributed by atoms with Crippen molar-refractivity contribution in [3.05, 3.63) is 59.4 Å². The average molecular weight is 318 g/mol. The minimum Gasteiger partial charge on any atom is -0.396 e. The molecule has 0 aliphatic heterocycles. The molecule has 0 aliphatic rings. The van der Waals surface area contributed by atoms with Crippen LogP contribution < -0.4 is 10.8 Å². The van der Waals surface area contributed by atoms with Gasteiger partial charge in [-0.2, -0.15) is 0 Å². The van der Waals surface area contributed by atoms with Gasteiger partial charge in [-0.25, -0.2) is 9.87 Å². The van der Waals surface area contributed by atoms with E-state index in [4.69, 9.17) is 9.94 Å². The lowest BCUT2D eigenvalue weighted by molar-refractivity contribution is 0.0262. The van der Waals surface area contributed by atoms with E-state index in [9.17, 15) is 9.18 Å². The van der Waals surface area contributed by atoms with Crippen LogP contribution in [0.2, 0.25) is 0 Å². The number of carbonyl (C=O) groups excluding carboxylic acids is 1. The van der Waals surface area contributed by atoms with Gasteiger partial charge in [0.25, 0.3) is 5.91 Å². The first-order valence-corrected chi connectivity index (χ1v) is 7.27. The zero-order valence-electron chi connectivity index (χ0n) is 12.8. The number of nitrogens with one attached hydrogen (secondary N) is 2. The zero-order valence-corrected chi connectivity index (χ0v) is 12.8. The molecule has 1 amide bonds. The van der Waals surface area contributed by atoms with E-state index in [1.165, 1.54) is 6.07 Å². The Morgan fingerprint density at radius 3 is 2.74 bits per heavy atom. The first kappa shape index (κ1) is 16.9. The maximum Gasteiger partial charge on any atom is 0.276 e. The fraction of sp³-hybridized carbons (Fsp3) is 0.235. The predicted molar refractivity (Wildman–Crippen MR) is 86.0 cm³/mol. The van der Waals surface area contributed by atoms with Gasteiger partial charge in [-0.05, 0) is 43.2 Å². The molecule has 0 spiro atoms. The number of aliphatic hydroxyl groups is 1. The molecule has 0 radical (unpaired) electrons. The molecule has 0 saturated carbocycles. The molecule has 23 heavy (non-hydrogen) atoms. The number of benzene rings is 2.